The zero-order chi connectivity index (χ0) is 18.8. The van der Waals surface area contributed by atoms with Crippen LogP contribution in [0.1, 0.15) is 18.1 Å². The Morgan fingerprint density at radius 1 is 1.04 bits per heavy atom. The summed E-state index contributed by atoms with van der Waals surface area (Å²) in [6, 6.07) is 19.7. The third-order valence-electron chi connectivity index (χ3n) is 4.57. The number of hydrazone groups is 1. The molecule has 4 rings (SSSR count). The van der Waals surface area contributed by atoms with Gasteiger partial charge in [-0.15, -0.1) is 0 Å². The summed E-state index contributed by atoms with van der Waals surface area (Å²) < 4.78 is 11.6. The number of rotatable bonds is 3. The third-order valence-corrected chi connectivity index (χ3v) is 4.57. The fraction of sp³-hybridized carbons (Fsp3) is 0.182. The van der Waals surface area contributed by atoms with Crippen LogP contribution in [0.3, 0.4) is 0 Å². The van der Waals surface area contributed by atoms with Gasteiger partial charge < -0.3 is 9.47 Å². The number of nitrogens with one attached hydrogen (secondary N) is 1. The molecule has 1 unspecified atom stereocenters. The van der Waals surface area contributed by atoms with Gasteiger partial charge in [0.15, 0.2) is 11.5 Å². The first kappa shape index (κ1) is 17.1. The van der Waals surface area contributed by atoms with Gasteiger partial charge in [-0.05, 0) is 42.3 Å². The minimum Gasteiger partial charge on any atom is -0.485 e. The van der Waals surface area contributed by atoms with Crippen LogP contribution < -0.4 is 14.9 Å². The van der Waals surface area contributed by atoms with Crippen molar-refractivity contribution in [2.45, 2.75) is 20.0 Å². The minimum atomic E-state index is -0.742. The van der Waals surface area contributed by atoms with Gasteiger partial charge in [0.1, 0.15) is 6.61 Å². The lowest BCUT2D eigenvalue weighted by molar-refractivity contribution is -0.130. The van der Waals surface area contributed by atoms with Gasteiger partial charge in [0.2, 0.25) is 6.10 Å². The van der Waals surface area contributed by atoms with Gasteiger partial charge in [-0.1, -0.05) is 54.1 Å². The monoisotopic (exact) mass is 360 g/mol. The Morgan fingerprint density at radius 3 is 2.41 bits per heavy atom. The van der Waals surface area contributed by atoms with E-state index in [-0.39, 0.29) is 12.5 Å². The van der Waals surface area contributed by atoms with Crippen LogP contribution in [-0.2, 0) is 4.79 Å². The number of ether oxygens (including phenoxy) is 2. The standard InChI is InChI=1S/C22H20N2O3/c1-14-7-9-16(10-8-14)15(2)23-24-22(25)21-13-26-19-11-17-5-3-4-6-18(17)12-20(19)27-21/h3-12,21H,13H2,1-2H3,(H,24,25). The van der Waals surface area contributed by atoms with E-state index in [2.05, 4.69) is 10.5 Å². The molecule has 0 spiro atoms. The fourth-order valence-corrected chi connectivity index (χ4v) is 2.96. The van der Waals surface area contributed by atoms with E-state index in [0.29, 0.717) is 11.5 Å². The molecule has 0 bridgehead atoms. The Balaban J connectivity index is 1.46. The van der Waals surface area contributed by atoms with Gasteiger partial charge in [-0.3, -0.25) is 4.79 Å². The maximum Gasteiger partial charge on any atom is 0.284 e. The molecule has 3 aromatic carbocycles. The highest BCUT2D eigenvalue weighted by molar-refractivity contribution is 5.99. The summed E-state index contributed by atoms with van der Waals surface area (Å²) in [6.45, 7) is 4.03. The van der Waals surface area contributed by atoms with E-state index < -0.39 is 6.10 Å². The summed E-state index contributed by atoms with van der Waals surface area (Å²) in [4.78, 5) is 12.4. The highest BCUT2D eigenvalue weighted by Crippen LogP contribution is 2.35. The van der Waals surface area contributed by atoms with E-state index >= 15 is 0 Å². The van der Waals surface area contributed by atoms with Gasteiger partial charge in [-0.2, -0.15) is 5.10 Å². The largest absolute Gasteiger partial charge is 0.485 e. The number of benzene rings is 3. The van der Waals surface area contributed by atoms with Crippen molar-refractivity contribution in [3.63, 3.8) is 0 Å². The van der Waals surface area contributed by atoms with Gasteiger partial charge in [0.25, 0.3) is 5.91 Å². The number of nitrogens with zero attached hydrogens (tertiary/aromatic N) is 1. The average molecular weight is 360 g/mol. The highest BCUT2D eigenvalue weighted by atomic mass is 16.6. The first-order chi connectivity index (χ1) is 13.1. The van der Waals surface area contributed by atoms with Crippen molar-refractivity contribution in [1.82, 2.24) is 5.43 Å². The normalized spacial score (nSPS) is 16.2. The van der Waals surface area contributed by atoms with Crippen molar-refractivity contribution < 1.29 is 14.3 Å². The molecule has 0 saturated heterocycles. The number of carbonyl (C=O) groups is 1. The number of fused-ring (bicyclic) bond motifs is 2. The topological polar surface area (TPSA) is 59.9 Å². The summed E-state index contributed by atoms with van der Waals surface area (Å²) in [5.41, 5.74) is 5.44. The van der Waals surface area contributed by atoms with Gasteiger partial charge in [0, 0.05) is 0 Å². The lowest BCUT2D eigenvalue weighted by Gasteiger charge is -2.25. The second-order valence-corrected chi connectivity index (χ2v) is 6.60. The first-order valence-corrected chi connectivity index (χ1v) is 8.83. The maximum absolute atomic E-state index is 12.4. The van der Waals surface area contributed by atoms with Crippen LogP contribution in [0, 0.1) is 6.92 Å². The number of amides is 1. The van der Waals surface area contributed by atoms with Crippen molar-refractivity contribution in [3.8, 4) is 11.5 Å². The molecule has 0 saturated carbocycles. The van der Waals surface area contributed by atoms with Crippen LogP contribution >= 0.6 is 0 Å². The van der Waals surface area contributed by atoms with Gasteiger partial charge >= 0.3 is 0 Å². The zero-order valence-corrected chi connectivity index (χ0v) is 15.2. The molecular formula is C22H20N2O3. The van der Waals surface area contributed by atoms with Crippen LogP contribution in [0.4, 0.5) is 0 Å². The van der Waals surface area contributed by atoms with Crippen LogP contribution in [-0.4, -0.2) is 24.3 Å². The molecule has 1 N–H and O–H groups in total. The van der Waals surface area contributed by atoms with E-state index in [4.69, 9.17) is 9.47 Å². The molecule has 5 nitrogen and oxygen atoms in total. The van der Waals surface area contributed by atoms with Crippen LogP contribution in [0.25, 0.3) is 10.8 Å². The first-order valence-electron chi connectivity index (χ1n) is 8.83. The molecule has 0 aromatic heterocycles. The number of hydrogen-bond donors (Lipinski definition) is 1. The Kier molecular flexibility index (Phi) is 4.50. The molecule has 1 atom stereocenters. The molecule has 0 radical (unpaired) electrons. The molecule has 3 aromatic rings. The average Bonchev–Trinajstić information content (AvgIpc) is 2.70. The third kappa shape index (κ3) is 3.62. The SMILES string of the molecule is CC(=NNC(=O)C1COc2cc3ccccc3cc2O1)c1ccc(C)cc1. The van der Waals surface area contributed by atoms with Crippen LogP contribution in [0.2, 0.25) is 0 Å². The van der Waals surface area contributed by atoms with Crippen LogP contribution in [0.5, 0.6) is 11.5 Å². The summed E-state index contributed by atoms with van der Waals surface area (Å²) in [5, 5.41) is 6.29. The lowest BCUT2D eigenvalue weighted by atomic mass is 10.1. The second kappa shape index (κ2) is 7.11. The van der Waals surface area contributed by atoms with E-state index in [1.807, 2.05) is 74.5 Å². The summed E-state index contributed by atoms with van der Waals surface area (Å²) in [6.07, 6.45) is -0.742. The predicted octanol–water partition coefficient (Wildman–Crippen LogP) is 3.83. The van der Waals surface area contributed by atoms with Crippen molar-refractivity contribution in [1.29, 1.82) is 0 Å². The molecule has 1 amide bonds. The Bertz CT molecular complexity index is 1030. The Hall–Kier alpha value is -3.34. The quantitative estimate of drug-likeness (QED) is 0.570. The van der Waals surface area contributed by atoms with Crippen molar-refractivity contribution >= 4 is 22.4 Å². The summed E-state index contributed by atoms with van der Waals surface area (Å²) in [7, 11) is 0. The molecule has 1 aliphatic heterocycles. The summed E-state index contributed by atoms with van der Waals surface area (Å²) in [5.74, 6) is 0.886. The molecule has 1 heterocycles. The molecular weight excluding hydrogens is 340 g/mol. The van der Waals surface area contributed by atoms with E-state index in [1.54, 1.807) is 0 Å². The Morgan fingerprint density at radius 2 is 1.70 bits per heavy atom. The molecule has 0 fully saturated rings. The van der Waals surface area contributed by atoms with E-state index in [1.165, 1.54) is 5.56 Å². The number of aryl methyl sites for hydroxylation is 1. The fourth-order valence-electron chi connectivity index (χ4n) is 2.96. The lowest BCUT2D eigenvalue weighted by Crippen LogP contribution is -2.42. The Labute approximate surface area is 157 Å². The molecule has 136 valence electrons. The van der Waals surface area contributed by atoms with Crippen molar-refractivity contribution in [2.24, 2.45) is 5.10 Å². The summed E-state index contributed by atoms with van der Waals surface area (Å²) >= 11 is 0. The highest BCUT2D eigenvalue weighted by Gasteiger charge is 2.27. The molecule has 0 aliphatic carbocycles. The smallest absolute Gasteiger partial charge is 0.284 e. The number of hydrogen-bond acceptors (Lipinski definition) is 4. The molecule has 5 heteroatoms. The zero-order valence-electron chi connectivity index (χ0n) is 15.2. The predicted molar refractivity (Wildman–Crippen MR) is 105 cm³/mol. The van der Waals surface area contributed by atoms with E-state index in [0.717, 1.165) is 22.0 Å². The minimum absolute atomic E-state index is 0.149. The van der Waals surface area contributed by atoms with E-state index in [9.17, 15) is 4.79 Å². The maximum atomic E-state index is 12.4. The molecule has 27 heavy (non-hydrogen) atoms. The van der Waals surface area contributed by atoms with Gasteiger partial charge in [-0.25, -0.2) is 5.43 Å². The van der Waals surface area contributed by atoms with Crippen LogP contribution in [0.15, 0.2) is 65.8 Å². The second-order valence-electron chi connectivity index (χ2n) is 6.60. The van der Waals surface area contributed by atoms with Crippen molar-refractivity contribution in [2.75, 3.05) is 6.61 Å². The van der Waals surface area contributed by atoms with Crippen molar-refractivity contribution in [3.05, 3.63) is 71.8 Å². The molecule has 1 aliphatic rings. The van der Waals surface area contributed by atoms with Gasteiger partial charge in [0.05, 0.1) is 5.71 Å². The number of carbonyl (C=O) groups excluding carboxylic acids is 1.